The molecule has 19 heavy (non-hydrogen) atoms. The van der Waals surface area contributed by atoms with Crippen molar-refractivity contribution in [3.63, 3.8) is 0 Å². The van der Waals surface area contributed by atoms with Gasteiger partial charge in [-0.15, -0.1) is 0 Å². The van der Waals surface area contributed by atoms with Crippen molar-refractivity contribution in [2.75, 3.05) is 0 Å². The molecule has 3 N–H and O–H groups in total. The SMILES string of the molecule is CC(C)C(NC(=O)NCc1cncc(Br)c1)C(=O)O. The van der Waals surface area contributed by atoms with E-state index in [1.165, 1.54) is 0 Å². The molecule has 7 heteroatoms. The molecule has 6 nitrogen and oxygen atoms in total. The molecule has 0 saturated heterocycles. The van der Waals surface area contributed by atoms with Crippen LogP contribution in [0.3, 0.4) is 0 Å². The Morgan fingerprint density at radius 1 is 1.42 bits per heavy atom. The van der Waals surface area contributed by atoms with Gasteiger partial charge >= 0.3 is 12.0 Å². The molecule has 1 atom stereocenters. The van der Waals surface area contributed by atoms with Crippen LogP contribution in [0.4, 0.5) is 4.79 Å². The minimum absolute atomic E-state index is 0.184. The molecule has 1 rings (SSSR count). The molecule has 2 amide bonds. The number of nitrogens with zero attached hydrogens (tertiary/aromatic N) is 1. The number of halogens is 1. The monoisotopic (exact) mass is 329 g/mol. The largest absolute Gasteiger partial charge is 0.480 e. The molecule has 1 heterocycles. The number of pyridine rings is 1. The molecule has 0 aliphatic carbocycles. The predicted molar refractivity (Wildman–Crippen MR) is 73.6 cm³/mol. The fourth-order valence-electron chi connectivity index (χ4n) is 1.44. The molecule has 0 aliphatic heterocycles. The van der Waals surface area contributed by atoms with Gasteiger partial charge in [-0.05, 0) is 33.5 Å². The Kier molecular flexibility index (Phi) is 5.75. The van der Waals surface area contributed by atoms with Crippen LogP contribution in [0.15, 0.2) is 22.9 Å². The second-order valence-electron chi connectivity index (χ2n) is 4.40. The average Bonchev–Trinajstić information content (AvgIpc) is 2.32. The van der Waals surface area contributed by atoms with Gasteiger partial charge in [0.15, 0.2) is 0 Å². The lowest BCUT2D eigenvalue weighted by atomic mass is 10.1. The summed E-state index contributed by atoms with van der Waals surface area (Å²) >= 11 is 3.28. The van der Waals surface area contributed by atoms with Gasteiger partial charge in [0.05, 0.1) is 0 Å². The lowest BCUT2D eigenvalue weighted by Crippen LogP contribution is -2.48. The minimum atomic E-state index is -1.05. The van der Waals surface area contributed by atoms with E-state index in [1.54, 1.807) is 26.2 Å². The maximum Gasteiger partial charge on any atom is 0.326 e. The number of aromatic nitrogens is 1. The molecule has 0 saturated carbocycles. The predicted octanol–water partition coefficient (Wildman–Crippen LogP) is 1.75. The lowest BCUT2D eigenvalue weighted by Gasteiger charge is -2.18. The van der Waals surface area contributed by atoms with Gasteiger partial charge in [0.2, 0.25) is 0 Å². The van der Waals surface area contributed by atoms with Crippen LogP contribution < -0.4 is 10.6 Å². The van der Waals surface area contributed by atoms with Crippen LogP contribution in [0.1, 0.15) is 19.4 Å². The summed E-state index contributed by atoms with van der Waals surface area (Å²) in [5.41, 5.74) is 0.820. The Morgan fingerprint density at radius 2 is 2.11 bits per heavy atom. The van der Waals surface area contributed by atoms with E-state index in [4.69, 9.17) is 5.11 Å². The van der Waals surface area contributed by atoms with E-state index in [-0.39, 0.29) is 12.5 Å². The van der Waals surface area contributed by atoms with Gasteiger partial charge in [0, 0.05) is 23.4 Å². The summed E-state index contributed by atoms with van der Waals surface area (Å²) in [4.78, 5) is 26.5. The zero-order valence-corrected chi connectivity index (χ0v) is 12.3. The number of carbonyl (C=O) groups excluding carboxylic acids is 1. The number of hydrogen-bond donors (Lipinski definition) is 3. The molecule has 0 spiro atoms. The molecule has 1 aromatic heterocycles. The van der Waals surface area contributed by atoms with Crippen LogP contribution in [-0.2, 0) is 11.3 Å². The Balaban J connectivity index is 2.49. The van der Waals surface area contributed by atoms with Crippen LogP contribution >= 0.6 is 15.9 Å². The van der Waals surface area contributed by atoms with Gasteiger partial charge in [-0.1, -0.05) is 13.8 Å². The van der Waals surface area contributed by atoms with Gasteiger partial charge < -0.3 is 15.7 Å². The van der Waals surface area contributed by atoms with Crippen molar-refractivity contribution in [3.8, 4) is 0 Å². The number of carboxylic acids is 1. The van der Waals surface area contributed by atoms with Crippen LogP contribution in [0.25, 0.3) is 0 Å². The highest BCUT2D eigenvalue weighted by atomic mass is 79.9. The molecule has 0 radical (unpaired) electrons. The third kappa shape index (κ3) is 5.25. The number of urea groups is 1. The minimum Gasteiger partial charge on any atom is -0.480 e. The number of nitrogens with one attached hydrogen (secondary N) is 2. The molecule has 104 valence electrons. The molecular formula is C12H16BrN3O3. The van der Waals surface area contributed by atoms with Crippen molar-refractivity contribution in [1.82, 2.24) is 15.6 Å². The van der Waals surface area contributed by atoms with E-state index in [0.29, 0.717) is 0 Å². The van der Waals surface area contributed by atoms with Crippen molar-refractivity contribution < 1.29 is 14.7 Å². The van der Waals surface area contributed by atoms with Crippen LogP contribution in [0, 0.1) is 5.92 Å². The number of aliphatic carboxylic acids is 1. The first-order chi connectivity index (χ1) is 8.90. The highest BCUT2D eigenvalue weighted by Gasteiger charge is 2.23. The molecule has 0 bridgehead atoms. The fraction of sp³-hybridized carbons (Fsp3) is 0.417. The zero-order chi connectivity index (χ0) is 14.4. The first-order valence-corrected chi connectivity index (χ1v) is 6.56. The van der Waals surface area contributed by atoms with Crippen LogP contribution in [0.2, 0.25) is 0 Å². The Morgan fingerprint density at radius 3 is 2.63 bits per heavy atom. The first kappa shape index (κ1) is 15.4. The maximum atomic E-state index is 11.6. The highest BCUT2D eigenvalue weighted by molar-refractivity contribution is 9.10. The molecule has 1 aromatic rings. The first-order valence-electron chi connectivity index (χ1n) is 5.76. The van der Waals surface area contributed by atoms with Gasteiger partial charge in [-0.3, -0.25) is 4.98 Å². The number of carboxylic acid groups (broad SMARTS) is 1. The zero-order valence-electron chi connectivity index (χ0n) is 10.7. The van der Waals surface area contributed by atoms with Crippen molar-refractivity contribution >= 4 is 27.9 Å². The summed E-state index contributed by atoms with van der Waals surface area (Å²) < 4.78 is 0.817. The summed E-state index contributed by atoms with van der Waals surface area (Å²) in [6.45, 7) is 3.75. The third-order valence-corrected chi connectivity index (χ3v) is 2.87. The second kappa shape index (κ2) is 7.08. The van der Waals surface area contributed by atoms with E-state index in [0.717, 1.165) is 10.0 Å². The van der Waals surface area contributed by atoms with E-state index in [2.05, 4.69) is 31.5 Å². The van der Waals surface area contributed by atoms with E-state index in [1.807, 2.05) is 6.07 Å². The second-order valence-corrected chi connectivity index (χ2v) is 5.31. The number of hydrogen-bond acceptors (Lipinski definition) is 3. The summed E-state index contributed by atoms with van der Waals surface area (Å²) in [5, 5.41) is 14.0. The molecular weight excluding hydrogens is 314 g/mol. The van der Waals surface area contributed by atoms with Gasteiger partial charge in [-0.25, -0.2) is 9.59 Å². The fourth-order valence-corrected chi connectivity index (χ4v) is 1.85. The number of carbonyl (C=O) groups is 2. The Labute approximate surface area is 119 Å². The van der Waals surface area contributed by atoms with Crippen LogP contribution in [0.5, 0.6) is 0 Å². The number of amides is 2. The topological polar surface area (TPSA) is 91.3 Å². The van der Waals surface area contributed by atoms with Crippen molar-refractivity contribution in [3.05, 3.63) is 28.5 Å². The molecule has 0 fully saturated rings. The van der Waals surface area contributed by atoms with Gasteiger partial charge in [0.1, 0.15) is 6.04 Å². The van der Waals surface area contributed by atoms with Gasteiger partial charge in [-0.2, -0.15) is 0 Å². The van der Waals surface area contributed by atoms with Crippen molar-refractivity contribution in [2.45, 2.75) is 26.4 Å². The lowest BCUT2D eigenvalue weighted by molar-refractivity contribution is -0.140. The number of rotatable bonds is 5. The summed E-state index contributed by atoms with van der Waals surface area (Å²) in [6, 6.07) is 0.409. The van der Waals surface area contributed by atoms with Gasteiger partial charge in [0.25, 0.3) is 0 Å². The highest BCUT2D eigenvalue weighted by Crippen LogP contribution is 2.09. The van der Waals surface area contributed by atoms with E-state index < -0.39 is 18.0 Å². The summed E-state index contributed by atoms with van der Waals surface area (Å²) in [6.07, 6.45) is 3.27. The molecule has 0 aromatic carbocycles. The quantitative estimate of drug-likeness (QED) is 0.767. The van der Waals surface area contributed by atoms with E-state index in [9.17, 15) is 9.59 Å². The smallest absolute Gasteiger partial charge is 0.326 e. The Hall–Kier alpha value is -1.63. The Bertz CT molecular complexity index is 465. The standard InChI is InChI=1S/C12H16BrN3O3/c1-7(2)10(11(17)18)16-12(19)15-5-8-3-9(13)6-14-4-8/h3-4,6-7,10H,5H2,1-2H3,(H,17,18)(H2,15,16,19). The third-order valence-electron chi connectivity index (χ3n) is 2.43. The summed E-state index contributed by atoms with van der Waals surface area (Å²) in [7, 11) is 0. The molecule has 0 aliphatic rings. The molecule has 1 unspecified atom stereocenters. The maximum absolute atomic E-state index is 11.6. The summed E-state index contributed by atoms with van der Waals surface area (Å²) in [5.74, 6) is -1.23. The van der Waals surface area contributed by atoms with Crippen molar-refractivity contribution in [1.29, 1.82) is 0 Å². The normalized spacial score (nSPS) is 12.0. The van der Waals surface area contributed by atoms with Crippen molar-refractivity contribution in [2.24, 2.45) is 5.92 Å². The van der Waals surface area contributed by atoms with E-state index >= 15 is 0 Å². The van der Waals surface area contributed by atoms with Crippen LogP contribution in [-0.4, -0.2) is 28.1 Å². The average molecular weight is 330 g/mol.